The lowest BCUT2D eigenvalue weighted by Crippen LogP contribution is -2.19. The zero-order valence-electron chi connectivity index (χ0n) is 6.29. The fourth-order valence-corrected chi connectivity index (χ4v) is 0.743. The van der Waals surface area contributed by atoms with Gasteiger partial charge in [-0.3, -0.25) is 0 Å². The van der Waals surface area contributed by atoms with Gasteiger partial charge in [-0.15, -0.1) is 0 Å². The van der Waals surface area contributed by atoms with Gasteiger partial charge in [-0.2, -0.15) is 8.78 Å². The Morgan fingerprint density at radius 2 is 2.00 bits per heavy atom. The topological polar surface area (TPSA) is 60.4 Å². The monoisotopic (exact) mass is 202 g/mol. The van der Waals surface area contributed by atoms with Crippen LogP contribution in [0.15, 0.2) is 0 Å². The third-order valence-corrected chi connectivity index (χ3v) is 1.78. The van der Waals surface area contributed by atoms with Crippen LogP contribution in [0.2, 0.25) is 0 Å². The summed E-state index contributed by atoms with van der Waals surface area (Å²) >= 11 is 0. The fourth-order valence-electron chi connectivity index (χ4n) is 0.357. The number of hydrogen-bond acceptors (Lipinski definition) is 4. The van der Waals surface area contributed by atoms with Gasteiger partial charge in [-0.05, 0) is 0 Å². The molecule has 0 atom stereocenters. The molecule has 0 aromatic carbocycles. The summed E-state index contributed by atoms with van der Waals surface area (Å²) in [6.45, 7) is -0.526. The summed E-state index contributed by atoms with van der Waals surface area (Å²) in [5.74, 6) is -2.13. The standard InChI is InChI=1S/C5H8F2O4S/c1-12(9,10)3-2-11-5(8)4(6)7/h4H,2-3H2,1H3. The van der Waals surface area contributed by atoms with Crippen molar-refractivity contribution in [3.05, 3.63) is 0 Å². The molecule has 0 unspecified atom stereocenters. The second kappa shape index (κ2) is 4.34. The van der Waals surface area contributed by atoms with Gasteiger partial charge < -0.3 is 4.74 Å². The van der Waals surface area contributed by atoms with E-state index in [1.807, 2.05) is 0 Å². The Morgan fingerprint density at radius 3 is 2.33 bits per heavy atom. The number of alkyl halides is 2. The van der Waals surface area contributed by atoms with E-state index >= 15 is 0 Å². The van der Waals surface area contributed by atoms with Crippen molar-refractivity contribution in [3.63, 3.8) is 0 Å². The van der Waals surface area contributed by atoms with Gasteiger partial charge in [0.2, 0.25) is 0 Å². The van der Waals surface area contributed by atoms with Gasteiger partial charge in [-0.25, -0.2) is 13.2 Å². The van der Waals surface area contributed by atoms with Gasteiger partial charge in [0.05, 0.1) is 5.75 Å². The van der Waals surface area contributed by atoms with Crippen LogP contribution in [0.3, 0.4) is 0 Å². The molecular formula is C5H8F2O4S. The van der Waals surface area contributed by atoms with Crippen LogP contribution in [0.5, 0.6) is 0 Å². The molecule has 0 bridgehead atoms. The molecular weight excluding hydrogens is 194 g/mol. The molecule has 0 N–H and O–H groups in total. The summed E-state index contributed by atoms with van der Waals surface area (Å²) in [6.07, 6.45) is -2.28. The Kier molecular flexibility index (Phi) is 4.08. The van der Waals surface area contributed by atoms with Gasteiger partial charge in [0.1, 0.15) is 6.61 Å². The number of halogens is 2. The largest absolute Gasteiger partial charge is 0.460 e. The van der Waals surface area contributed by atoms with Crippen LogP contribution in [0.4, 0.5) is 8.78 Å². The summed E-state index contributed by atoms with van der Waals surface area (Å²) < 4.78 is 47.6. The van der Waals surface area contributed by atoms with Gasteiger partial charge in [0.15, 0.2) is 9.84 Å². The molecule has 0 aliphatic rings. The van der Waals surface area contributed by atoms with Crippen molar-refractivity contribution in [1.82, 2.24) is 0 Å². The summed E-state index contributed by atoms with van der Waals surface area (Å²) in [6, 6.07) is 0. The number of rotatable bonds is 4. The van der Waals surface area contributed by atoms with Crippen LogP contribution in [0.1, 0.15) is 0 Å². The molecule has 0 saturated carbocycles. The van der Waals surface area contributed by atoms with Crippen molar-refractivity contribution in [2.24, 2.45) is 0 Å². The molecule has 0 aliphatic heterocycles. The highest BCUT2D eigenvalue weighted by molar-refractivity contribution is 7.90. The van der Waals surface area contributed by atoms with Crippen LogP contribution >= 0.6 is 0 Å². The minimum absolute atomic E-state index is 0.439. The van der Waals surface area contributed by atoms with E-state index in [4.69, 9.17) is 0 Å². The van der Waals surface area contributed by atoms with E-state index in [0.717, 1.165) is 6.26 Å². The van der Waals surface area contributed by atoms with Crippen LogP contribution in [0, 0.1) is 0 Å². The minimum Gasteiger partial charge on any atom is -0.460 e. The van der Waals surface area contributed by atoms with Crippen molar-refractivity contribution in [3.8, 4) is 0 Å². The SMILES string of the molecule is CS(=O)(=O)CCOC(=O)C(F)F. The minimum atomic E-state index is -3.27. The maximum Gasteiger partial charge on any atom is 0.373 e. The summed E-state index contributed by atoms with van der Waals surface area (Å²) in [7, 11) is -3.27. The highest BCUT2D eigenvalue weighted by Crippen LogP contribution is 1.95. The Balaban J connectivity index is 3.66. The Morgan fingerprint density at radius 1 is 1.50 bits per heavy atom. The number of sulfone groups is 1. The molecule has 72 valence electrons. The first-order chi connectivity index (χ1) is 5.33. The lowest BCUT2D eigenvalue weighted by atomic mass is 10.7. The smallest absolute Gasteiger partial charge is 0.373 e. The van der Waals surface area contributed by atoms with Crippen LogP contribution < -0.4 is 0 Å². The zero-order valence-corrected chi connectivity index (χ0v) is 7.11. The Labute approximate surface area is 68.4 Å². The zero-order chi connectivity index (χ0) is 9.78. The fraction of sp³-hybridized carbons (Fsp3) is 0.800. The molecule has 0 spiro atoms. The van der Waals surface area contributed by atoms with E-state index in [-0.39, 0.29) is 0 Å². The number of esters is 1. The average molecular weight is 202 g/mol. The molecule has 0 aliphatic carbocycles. The van der Waals surface area contributed by atoms with E-state index in [9.17, 15) is 22.0 Å². The van der Waals surface area contributed by atoms with Crippen molar-refractivity contribution in [2.75, 3.05) is 18.6 Å². The number of carbonyl (C=O) groups excluding carboxylic acids is 1. The maximum atomic E-state index is 11.4. The van der Waals surface area contributed by atoms with Gasteiger partial charge in [-0.1, -0.05) is 0 Å². The second-order valence-corrected chi connectivity index (χ2v) is 4.36. The molecule has 0 radical (unpaired) electrons. The average Bonchev–Trinajstić information content (AvgIpc) is 1.84. The molecule has 0 fully saturated rings. The van der Waals surface area contributed by atoms with Crippen molar-refractivity contribution in [2.45, 2.75) is 6.43 Å². The first-order valence-electron chi connectivity index (χ1n) is 2.95. The van der Waals surface area contributed by atoms with Crippen molar-refractivity contribution < 1.29 is 26.7 Å². The summed E-state index contributed by atoms with van der Waals surface area (Å²) in [5.41, 5.74) is 0. The molecule has 0 aromatic heterocycles. The van der Waals surface area contributed by atoms with Crippen LogP contribution in [-0.4, -0.2) is 39.4 Å². The van der Waals surface area contributed by atoms with Gasteiger partial charge >= 0.3 is 12.4 Å². The quantitative estimate of drug-likeness (QED) is 0.594. The summed E-state index contributed by atoms with van der Waals surface area (Å²) in [4.78, 5) is 10.1. The summed E-state index contributed by atoms with van der Waals surface area (Å²) in [5, 5.41) is 0. The number of carbonyl (C=O) groups is 1. The predicted octanol–water partition coefficient (Wildman–Crippen LogP) is -0.161. The molecule has 0 saturated heterocycles. The van der Waals surface area contributed by atoms with Crippen LogP contribution in [0.25, 0.3) is 0 Å². The predicted molar refractivity (Wildman–Crippen MR) is 36.7 cm³/mol. The third kappa shape index (κ3) is 6.02. The molecule has 0 aromatic rings. The molecule has 7 heteroatoms. The lowest BCUT2D eigenvalue weighted by molar-refractivity contribution is -0.155. The molecule has 0 amide bonds. The highest BCUT2D eigenvalue weighted by Gasteiger charge is 2.17. The second-order valence-electron chi connectivity index (χ2n) is 2.10. The molecule has 12 heavy (non-hydrogen) atoms. The normalized spacial score (nSPS) is 11.7. The molecule has 0 heterocycles. The Bertz CT molecular complexity index is 246. The molecule has 4 nitrogen and oxygen atoms in total. The maximum absolute atomic E-state index is 11.4. The van der Waals surface area contributed by atoms with Gasteiger partial charge in [0.25, 0.3) is 0 Å². The first-order valence-corrected chi connectivity index (χ1v) is 5.01. The van der Waals surface area contributed by atoms with E-state index in [2.05, 4.69) is 4.74 Å². The van der Waals surface area contributed by atoms with Crippen molar-refractivity contribution in [1.29, 1.82) is 0 Å². The molecule has 0 rings (SSSR count). The number of ether oxygens (including phenoxy) is 1. The van der Waals surface area contributed by atoms with Gasteiger partial charge in [0, 0.05) is 6.26 Å². The Hall–Kier alpha value is -0.720. The third-order valence-electron chi connectivity index (χ3n) is 0.877. The van der Waals surface area contributed by atoms with E-state index < -0.39 is 34.6 Å². The van der Waals surface area contributed by atoms with E-state index in [1.165, 1.54) is 0 Å². The lowest BCUT2D eigenvalue weighted by Gasteiger charge is -2.01. The highest BCUT2D eigenvalue weighted by atomic mass is 32.2. The van der Waals surface area contributed by atoms with Crippen LogP contribution in [-0.2, 0) is 19.4 Å². The van der Waals surface area contributed by atoms with E-state index in [0.29, 0.717) is 0 Å². The number of hydrogen-bond donors (Lipinski definition) is 0. The van der Waals surface area contributed by atoms with Crippen molar-refractivity contribution >= 4 is 15.8 Å². The van der Waals surface area contributed by atoms with E-state index in [1.54, 1.807) is 0 Å². The first kappa shape index (κ1) is 11.3.